The van der Waals surface area contributed by atoms with Gasteiger partial charge >= 0.3 is 18.1 Å². The number of carbonyl (C=O) groups is 2. The fourth-order valence-corrected chi connectivity index (χ4v) is 1.88. The minimum absolute atomic E-state index is 0.334. The number of imidazole rings is 1. The van der Waals surface area contributed by atoms with Gasteiger partial charge in [-0.05, 0) is 30.0 Å². The first-order chi connectivity index (χ1) is 11.6. The molecule has 1 aromatic heterocycles. The van der Waals surface area contributed by atoms with Crippen LogP contribution in [0, 0.1) is 0 Å². The van der Waals surface area contributed by atoms with Gasteiger partial charge in [0.05, 0.1) is 11.9 Å². The maximum Gasteiger partial charge on any atom is 0.490 e. The molecule has 0 saturated heterocycles. The first kappa shape index (κ1) is 20.2. The van der Waals surface area contributed by atoms with Crippen LogP contribution in [-0.4, -0.2) is 37.9 Å². The van der Waals surface area contributed by atoms with Crippen molar-refractivity contribution in [3.8, 4) is 0 Å². The number of hydrogen-bond acceptors (Lipinski definition) is 3. The van der Waals surface area contributed by atoms with Crippen LogP contribution in [0.15, 0.2) is 43.0 Å². The molecule has 136 valence electrons. The molecule has 0 amide bonds. The average Bonchev–Trinajstić information content (AvgIpc) is 3.05. The molecular weight excluding hydrogens is 341 g/mol. The fourth-order valence-electron chi connectivity index (χ4n) is 1.88. The van der Waals surface area contributed by atoms with Crippen LogP contribution < -0.4 is 0 Å². The van der Waals surface area contributed by atoms with Crippen LogP contribution in [0.2, 0.25) is 0 Å². The summed E-state index contributed by atoms with van der Waals surface area (Å²) in [6.45, 7) is 3.06. The number of aliphatic carboxylic acids is 1. The lowest BCUT2D eigenvalue weighted by molar-refractivity contribution is -0.192. The van der Waals surface area contributed by atoms with E-state index in [9.17, 15) is 18.0 Å². The van der Waals surface area contributed by atoms with E-state index in [0.717, 1.165) is 13.0 Å². The van der Waals surface area contributed by atoms with Gasteiger partial charge in [0.15, 0.2) is 0 Å². The summed E-state index contributed by atoms with van der Waals surface area (Å²) in [5, 5.41) is 16.0. The largest absolute Gasteiger partial charge is 0.490 e. The van der Waals surface area contributed by atoms with Crippen LogP contribution in [0.25, 0.3) is 0 Å². The molecule has 0 aliphatic carbocycles. The Morgan fingerprint density at radius 1 is 1.20 bits per heavy atom. The number of carboxylic acids is 2. The number of rotatable bonds is 5. The maximum absolute atomic E-state index is 10.8. The summed E-state index contributed by atoms with van der Waals surface area (Å²) in [7, 11) is 0. The van der Waals surface area contributed by atoms with Crippen LogP contribution in [-0.2, 0) is 11.3 Å². The van der Waals surface area contributed by atoms with E-state index in [-0.39, 0.29) is 0 Å². The molecule has 25 heavy (non-hydrogen) atoms. The molecule has 0 saturated carbocycles. The van der Waals surface area contributed by atoms with E-state index in [1.807, 2.05) is 22.9 Å². The minimum Gasteiger partial charge on any atom is -0.478 e. The van der Waals surface area contributed by atoms with Crippen molar-refractivity contribution in [2.45, 2.75) is 32.0 Å². The van der Waals surface area contributed by atoms with Crippen molar-refractivity contribution in [1.82, 2.24) is 9.55 Å². The zero-order valence-electron chi connectivity index (χ0n) is 13.3. The van der Waals surface area contributed by atoms with Crippen LogP contribution in [0.5, 0.6) is 0 Å². The summed E-state index contributed by atoms with van der Waals surface area (Å²) in [5.74, 6) is -3.24. The highest BCUT2D eigenvalue weighted by atomic mass is 19.4. The third-order valence-electron chi connectivity index (χ3n) is 3.35. The van der Waals surface area contributed by atoms with E-state index in [1.165, 1.54) is 5.56 Å². The lowest BCUT2D eigenvalue weighted by Crippen LogP contribution is -2.21. The summed E-state index contributed by atoms with van der Waals surface area (Å²) in [5.41, 5.74) is 1.50. The second-order valence-corrected chi connectivity index (χ2v) is 5.22. The summed E-state index contributed by atoms with van der Waals surface area (Å²) in [4.78, 5) is 23.7. The summed E-state index contributed by atoms with van der Waals surface area (Å²) >= 11 is 0. The number of benzene rings is 1. The number of aryl methyl sites for hydroxylation is 1. The Labute approximate surface area is 141 Å². The highest BCUT2D eigenvalue weighted by Gasteiger charge is 2.38. The fraction of sp³-hybridized carbons (Fsp3) is 0.312. The summed E-state index contributed by atoms with van der Waals surface area (Å²) in [6.07, 6.45) is 1.44. The molecule has 0 aliphatic rings. The molecule has 0 aliphatic heterocycles. The Bertz CT molecular complexity index is 682. The lowest BCUT2D eigenvalue weighted by atomic mass is 9.97. The lowest BCUT2D eigenvalue weighted by Gasteiger charge is -2.12. The van der Waals surface area contributed by atoms with Gasteiger partial charge in [-0.1, -0.05) is 19.1 Å². The number of aromatic carboxylic acids is 1. The van der Waals surface area contributed by atoms with E-state index in [0.29, 0.717) is 11.5 Å². The van der Waals surface area contributed by atoms with Crippen molar-refractivity contribution in [2.24, 2.45) is 0 Å². The SMILES string of the molecule is CC(CCn1ccnc1)c1ccc(C(=O)O)cc1.O=C(O)C(F)(F)F. The van der Waals surface area contributed by atoms with Gasteiger partial charge in [-0.2, -0.15) is 13.2 Å². The Morgan fingerprint density at radius 2 is 1.76 bits per heavy atom. The topological polar surface area (TPSA) is 92.4 Å². The predicted molar refractivity (Wildman–Crippen MR) is 82.4 cm³/mol. The molecule has 0 radical (unpaired) electrons. The highest BCUT2D eigenvalue weighted by Crippen LogP contribution is 2.20. The summed E-state index contributed by atoms with van der Waals surface area (Å²) < 4.78 is 33.8. The second-order valence-electron chi connectivity index (χ2n) is 5.22. The molecule has 1 aromatic carbocycles. The van der Waals surface area contributed by atoms with Gasteiger partial charge in [-0.3, -0.25) is 0 Å². The Morgan fingerprint density at radius 3 is 2.16 bits per heavy atom. The van der Waals surface area contributed by atoms with Crippen LogP contribution in [0.1, 0.15) is 35.2 Å². The monoisotopic (exact) mass is 358 g/mol. The minimum atomic E-state index is -5.08. The first-order valence-electron chi connectivity index (χ1n) is 7.20. The number of aromatic nitrogens is 2. The standard InChI is InChI=1S/C14H16N2O2.C2HF3O2/c1-11(6-8-16-9-7-15-10-16)12-2-4-13(5-3-12)14(17)18;3-2(4,5)1(6)7/h2-5,7,9-11H,6,8H2,1H3,(H,17,18);(H,6,7). The Kier molecular flexibility index (Phi) is 7.16. The first-order valence-corrected chi connectivity index (χ1v) is 7.20. The molecule has 0 fully saturated rings. The molecule has 0 bridgehead atoms. The van der Waals surface area contributed by atoms with Crippen molar-refractivity contribution < 1.29 is 33.0 Å². The maximum atomic E-state index is 10.8. The molecule has 2 N–H and O–H groups in total. The normalized spacial score (nSPS) is 12.0. The van der Waals surface area contributed by atoms with Gasteiger partial charge in [-0.25, -0.2) is 14.6 Å². The molecule has 2 rings (SSSR count). The molecule has 1 atom stereocenters. The third kappa shape index (κ3) is 7.06. The van der Waals surface area contributed by atoms with Gasteiger partial charge < -0.3 is 14.8 Å². The van der Waals surface area contributed by atoms with E-state index >= 15 is 0 Å². The molecule has 1 unspecified atom stereocenters. The zero-order valence-corrected chi connectivity index (χ0v) is 13.3. The number of carboxylic acid groups (broad SMARTS) is 2. The number of nitrogens with zero attached hydrogens (tertiary/aromatic N) is 2. The van der Waals surface area contributed by atoms with Crippen molar-refractivity contribution in [2.75, 3.05) is 0 Å². The highest BCUT2D eigenvalue weighted by molar-refractivity contribution is 5.87. The number of alkyl halides is 3. The molecule has 1 heterocycles. The van der Waals surface area contributed by atoms with Crippen LogP contribution in [0.3, 0.4) is 0 Å². The average molecular weight is 358 g/mol. The number of halogens is 3. The molecule has 2 aromatic rings. The van der Waals surface area contributed by atoms with Gasteiger partial charge in [0, 0.05) is 18.9 Å². The van der Waals surface area contributed by atoms with Crippen molar-refractivity contribution >= 4 is 11.9 Å². The molecule has 9 heteroatoms. The Hall–Kier alpha value is -2.84. The van der Waals surface area contributed by atoms with Crippen molar-refractivity contribution in [3.05, 3.63) is 54.1 Å². The predicted octanol–water partition coefficient (Wildman–Crippen LogP) is 3.41. The third-order valence-corrected chi connectivity index (χ3v) is 3.35. The van der Waals surface area contributed by atoms with E-state index in [4.69, 9.17) is 15.0 Å². The Balaban J connectivity index is 0.000000381. The second kappa shape index (κ2) is 8.86. The summed E-state index contributed by atoms with van der Waals surface area (Å²) in [6, 6.07) is 7.10. The van der Waals surface area contributed by atoms with Gasteiger partial charge in [0.2, 0.25) is 0 Å². The van der Waals surface area contributed by atoms with Crippen molar-refractivity contribution in [1.29, 1.82) is 0 Å². The molecule has 6 nitrogen and oxygen atoms in total. The zero-order chi connectivity index (χ0) is 19.0. The van der Waals surface area contributed by atoms with E-state index in [2.05, 4.69) is 11.9 Å². The smallest absolute Gasteiger partial charge is 0.478 e. The van der Waals surface area contributed by atoms with Gasteiger partial charge in [0.1, 0.15) is 0 Å². The molecular formula is C16H17F3N2O4. The number of hydrogen-bond donors (Lipinski definition) is 2. The van der Waals surface area contributed by atoms with E-state index < -0.39 is 18.1 Å². The van der Waals surface area contributed by atoms with Crippen molar-refractivity contribution in [3.63, 3.8) is 0 Å². The van der Waals surface area contributed by atoms with Crippen LogP contribution >= 0.6 is 0 Å². The van der Waals surface area contributed by atoms with Gasteiger partial charge in [-0.15, -0.1) is 0 Å². The van der Waals surface area contributed by atoms with Gasteiger partial charge in [0.25, 0.3) is 0 Å². The van der Waals surface area contributed by atoms with E-state index in [1.54, 1.807) is 24.7 Å². The van der Waals surface area contributed by atoms with Crippen LogP contribution in [0.4, 0.5) is 13.2 Å². The quantitative estimate of drug-likeness (QED) is 0.854. The molecule has 0 spiro atoms.